The number of carbonyl (C=O) groups excluding carboxylic acids is 2. The van der Waals surface area contributed by atoms with E-state index in [1.807, 2.05) is 0 Å². The van der Waals surface area contributed by atoms with Gasteiger partial charge in [0.1, 0.15) is 12.2 Å². The van der Waals surface area contributed by atoms with Gasteiger partial charge in [-0.1, -0.05) is 0 Å². The van der Waals surface area contributed by atoms with E-state index in [0.717, 1.165) is 0 Å². The molecule has 0 aliphatic carbocycles. The molecule has 4 atom stereocenters. The molecule has 9 heteroatoms. The Balaban J connectivity index is 1.99. The van der Waals surface area contributed by atoms with Gasteiger partial charge >= 0.3 is 11.9 Å². The van der Waals surface area contributed by atoms with Gasteiger partial charge in [-0.05, 0) is 35.4 Å². The van der Waals surface area contributed by atoms with Crippen molar-refractivity contribution in [3.8, 4) is 23.0 Å². The van der Waals surface area contributed by atoms with E-state index in [-0.39, 0.29) is 0 Å². The number of carbonyl (C=O) groups is 2. The molecule has 0 amide bonds. The molecule has 2 heterocycles. The van der Waals surface area contributed by atoms with Crippen LogP contribution in [0.1, 0.15) is 60.5 Å². The van der Waals surface area contributed by atoms with Gasteiger partial charge in [-0.25, -0.2) is 0 Å². The number of hydrogen-bond donors (Lipinski definition) is 0. The third-order valence-corrected chi connectivity index (χ3v) is 5.83. The Labute approximate surface area is 191 Å². The van der Waals surface area contributed by atoms with Crippen LogP contribution in [0.3, 0.4) is 0 Å². The molecular formula is C24H26O9. The fourth-order valence-electron chi connectivity index (χ4n) is 4.51. The van der Waals surface area contributed by atoms with Gasteiger partial charge in [0.25, 0.3) is 0 Å². The number of hydrogen-bond acceptors (Lipinski definition) is 9. The zero-order valence-corrected chi connectivity index (χ0v) is 19.3. The van der Waals surface area contributed by atoms with Crippen LogP contribution in [0.25, 0.3) is 0 Å². The molecule has 9 nitrogen and oxygen atoms in total. The van der Waals surface area contributed by atoms with Crippen molar-refractivity contribution in [1.82, 2.24) is 0 Å². The quantitative estimate of drug-likeness (QED) is 0.599. The second-order valence-electron chi connectivity index (χ2n) is 7.71. The normalized spacial score (nSPS) is 22.4. The van der Waals surface area contributed by atoms with Crippen LogP contribution >= 0.6 is 0 Å². The smallest absolute Gasteiger partial charge is 0.303 e. The van der Waals surface area contributed by atoms with E-state index in [4.69, 9.17) is 33.2 Å². The van der Waals surface area contributed by atoms with Gasteiger partial charge in [-0.15, -0.1) is 0 Å². The van der Waals surface area contributed by atoms with Crippen LogP contribution in [0, 0.1) is 0 Å². The largest absolute Gasteiger partial charge is 0.493 e. The Morgan fingerprint density at radius 3 is 1.18 bits per heavy atom. The van der Waals surface area contributed by atoms with Gasteiger partial charge in [-0.2, -0.15) is 0 Å². The van der Waals surface area contributed by atoms with Gasteiger partial charge in [0.2, 0.25) is 0 Å². The molecule has 0 saturated heterocycles. The molecule has 0 radical (unpaired) electrons. The topological polar surface area (TPSA) is 98.8 Å². The molecule has 0 saturated carbocycles. The summed E-state index contributed by atoms with van der Waals surface area (Å²) in [6, 6.07) is 7.04. The van der Waals surface area contributed by atoms with Gasteiger partial charge in [0, 0.05) is 25.0 Å². The second-order valence-corrected chi connectivity index (χ2v) is 7.71. The monoisotopic (exact) mass is 458 g/mol. The van der Waals surface area contributed by atoms with Crippen LogP contribution in [0.5, 0.6) is 23.0 Å². The molecule has 0 aromatic heterocycles. The van der Waals surface area contributed by atoms with E-state index in [1.54, 1.807) is 24.3 Å². The summed E-state index contributed by atoms with van der Waals surface area (Å²) in [6.45, 7) is 2.68. The average molecular weight is 458 g/mol. The molecule has 4 unspecified atom stereocenters. The maximum atomic E-state index is 12.1. The molecular weight excluding hydrogens is 432 g/mol. The maximum absolute atomic E-state index is 12.1. The van der Waals surface area contributed by atoms with Crippen molar-refractivity contribution in [3.05, 3.63) is 46.5 Å². The summed E-state index contributed by atoms with van der Waals surface area (Å²) >= 11 is 0. The van der Waals surface area contributed by atoms with Gasteiger partial charge in [-0.3, -0.25) is 9.59 Å². The molecule has 2 aliphatic rings. The lowest BCUT2D eigenvalue weighted by atomic mass is 9.78. The zero-order chi connectivity index (χ0) is 23.9. The van der Waals surface area contributed by atoms with Gasteiger partial charge in [0.05, 0.1) is 28.4 Å². The molecule has 176 valence electrons. The van der Waals surface area contributed by atoms with Crippen LogP contribution in [-0.4, -0.2) is 40.4 Å². The van der Waals surface area contributed by atoms with Crippen molar-refractivity contribution >= 4 is 11.9 Å². The summed E-state index contributed by atoms with van der Waals surface area (Å²) in [5, 5.41) is 0. The van der Waals surface area contributed by atoms with Crippen molar-refractivity contribution in [2.45, 2.75) is 38.3 Å². The second kappa shape index (κ2) is 8.82. The molecule has 0 fully saturated rings. The first kappa shape index (κ1) is 22.7. The summed E-state index contributed by atoms with van der Waals surface area (Å²) in [7, 11) is 6.10. The van der Waals surface area contributed by atoms with E-state index < -0.39 is 36.4 Å². The first-order valence-electron chi connectivity index (χ1n) is 10.3. The zero-order valence-electron chi connectivity index (χ0n) is 19.3. The summed E-state index contributed by atoms with van der Waals surface area (Å²) in [6.07, 6.45) is -2.90. The van der Waals surface area contributed by atoms with Crippen LogP contribution < -0.4 is 18.9 Å². The molecule has 2 aromatic rings. The Morgan fingerprint density at radius 2 is 0.909 bits per heavy atom. The van der Waals surface area contributed by atoms with E-state index >= 15 is 0 Å². The van der Waals surface area contributed by atoms with Crippen molar-refractivity contribution in [1.29, 1.82) is 0 Å². The number of ether oxygens (including phenoxy) is 7. The Bertz CT molecular complexity index is 1010. The Morgan fingerprint density at radius 1 is 0.606 bits per heavy atom. The minimum atomic E-state index is -0.774. The van der Waals surface area contributed by atoms with E-state index in [9.17, 15) is 9.59 Å². The van der Waals surface area contributed by atoms with Crippen molar-refractivity contribution < 1.29 is 42.7 Å². The SMILES string of the molecule is COc1cc2c(cc1OC)C1OC(c3cc(OC)c(OC)cc3C1OC(C)=O)C2OC(C)=O. The van der Waals surface area contributed by atoms with Crippen LogP contribution in [-0.2, 0) is 23.8 Å². The Hall–Kier alpha value is -3.46. The highest BCUT2D eigenvalue weighted by Crippen LogP contribution is 2.59. The average Bonchev–Trinajstić information content (AvgIpc) is 2.80. The van der Waals surface area contributed by atoms with Crippen molar-refractivity contribution in [2.24, 2.45) is 0 Å². The van der Waals surface area contributed by atoms with Crippen molar-refractivity contribution in [3.63, 3.8) is 0 Å². The lowest BCUT2D eigenvalue weighted by Gasteiger charge is -2.45. The molecule has 0 spiro atoms. The molecule has 2 aromatic carbocycles. The van der Waals surface area contributed by atoms with Gasteiger partial charge < -0.3 is 33.2 Å². The van der Waals surface area contributed by atoms with E-state index in [2.05, 4.69) is 0 Å². The highest BCUT2D eigenvalue weighted by molar-refractivity contribution is 5.68. The number of benzene rings is 2. The molecule has 2 aliphatic heterocycles. The predicted molar refractivity (Wildman–Crippen MR) is 115 cm³/mol. The predicted octanol–water partition coefficient (Wildman–Crippen LogP) is 3.76. The third-order valence-electron chi connectivity index (χ3n) is 5.83. The number of esters is 2. The third kappa shape index (κ3) is 3.82. The summed E-state index contributed by atoms with van der Waals surface area (Å²) in [5.41, 5.74) is 2.70. The highest BCUT2D eigenvalue weighted by Gasteiger charge is 2.50. The standard InChI is InChI=1S/C24H26O9/c1-11(25)31-21-13-7-17(27-3)19(29-5)9-15(13)24-22(32-12(2)26)14-8-18(28-4)20(30-6)10-16(14)23(21)33-24/h7-10,21-24H,1-6H3. The van der Waals surface area contributed by atoms with Crippen LogP contribution in [0.15, 0.2) is 24.3 Å². The van der Waals surface area contributed by atoms with Crippen molar-refractivity contribution in [2.75, 3.05) is 28.4 Å². The van der Waals surface area contributed by atoms with Crippen LogP contribution in [0.4, 0.5) is 0 Å². The Kier molecular flexibility index (Phi) is 6.07. The van der Waals surface area contributed by atoms with Gasteiger partial charge in [0.15, 0.2) is 35.2 Å². The fraction of sp³-hybridized carbons (Fsp3) is 0.417. The molecule has 0 N–H and O–H groups in total. The first-order valence-corrected chi connectivity index (χ1v) is 10.3. The highest BCUT2D eigenvalue weighted by atomic mass is 16.6. The maximum Gasteiger partial charge on any atom is 0.303 e. The first-order chi connectivity index (χ1) is 15.8. The summed E-state index contributed by atoms with van der Waals surface area (Å²) < 4.78 is 39.8. The summed E-state index contributed by atoms with van der Waals surface area (Å²) in [4.78, 5) is 24.1. The molecule has 2 bridgehead atoms. The molecule has 33 heavy (non-hydrogen) atoms. The number of rotatable bonds is 6. The number of fused-ring (bicyclic) bond motifs is 6. The van der Waals surface area contributed by atoms with E-state index in [1.165, 1.54) is 42.3 Å². The lowest BCUT2D eigenvalue weighted by Crippen LogP contribution is -2.36. The lowest BCUT2D eigenvalue weighted by molar-refractivity contribution is -0.191. The van der Waals surface area contributed by atoms with E-state index in [0.29, 0.717) is 45.3 Å². The fourth-order valence-corrected chi connectivity index (χ4v) is 4.51. The minimum absolute atomic E-state index is 0.466. The molecule has 4 rings (SSSR count). The summed E-state index contributed by atoms with van der Waals surface area (Å²) in [5.74, 6) is 0.966. The number of methoxy groups -OCH3 is 4. The van der Waals surface area contributed by atoms with Crippen LogP contribution in [0.2, 0.25) is 0 Å². The minimum Gasteiger partial charge on any atom is -0.493 e.